The van der Waals surface area contributed by atoms with Crippen molar-refractivity contribution in [3.05, 3.63) is 103 Å². The minimum atomic E-state index is -1.44. The molecule has 1 unspecified atom stereocenters. The molecule has 0 aliphatic rings. The highest BCUT2D eigenvalue weighted by atomic mass is 32.8. The highest BCUT2D eigenvalue weighted by Gasteiger charge is 2.26. The first-order valence-corrected chi connectivity index (χ1v) is 12.0. The molecule has 0 N–H and O–H groups in total. The highest BCUT2D eigenvalue weighted by Crippen LogP contribution is 2.74. The van der Waals surface area contributed by atoms with Crippen LogP contribution in [0.1, 0.15) is 0 Å². The summed E-state index contributed by atoms with van der Waals surface area (Å²) in [7, 11) is 1.76. The predicted octanol–water partition coefficient (Wildman–Crippen LogP) is 7.66. The Bertz CT molecular complexity index is 1190. The van der Waals surface area contributed by atoms with Crippen LogP contribution in [0.25, 0.3) is 21.9 Å². The standard InChI is InChI=1S/C24H19OPS/c26-27(18-9-3-1-4-10-18,19-11-5-2-6-12-19)20-15-16-24-22(17-20)21-13-7-8-14-23(21)25-24/h1-17H,26H2. The van der Waals surface area contributed by atoms with Gasteiger partial charge < -0.3 is 4.42 Å². The largest absolute Gasteiger partial charge is 0.456 e. The van der Waals surface area contributed by atoms with Crippen LogP contribution in [0.3, 0.4) is 0 Å². The van der Waals surface area contributed by atoms with Crippen molar-refractivity contribution in [2.24, 2.45) is 0 Å². The fraction of sp³-hybridized carbons (Fsp3) is 0. The number of para-hydroxylation sites is 1. The summed E-state index contributed by atoms with van der Waals surface area (Å²) < 4.78 is 6.03. The number of rotatable bonds is 3. The molecule has 5 rings (SSSR count). The van der Waals surface area contributed by atoms with Crippen LogP contribution < -0.4 is 0 Å². The maximum atomic E-state index is 6.03. The van der Waals surface area contributed by atoms with Crippen LogP contribution in [-0.2, 0) is 0 Å². The number of hydrogen-bond acceptors (Lipinski definition) is 1. The Morgan fingerprint density at radius 1 is 0.519 bits per heavy atom. The summed E-state index contributed by atoms with van der Waals surface area (Å²) >= 11 is 0. The van der Waals surface area contributed by atoms with E-state index in [-0.39, 0.29) is 0 Å². The molecule has 0 amide bonds. The molecular weight excluding hydrogens is 367 g/mol. The minimum Gasteiger partial charge on any atom is -0.456 e. The second-order valence-corrected chi connectivity index (χ2v) is 11.4. The number of hydrogen-bond donors (Lipinski definition) is 0. The normalized spacial score (nSPS) is 12.5. The molecule has 0 bridgehead atoms. The molecule has 0 saturated heterocycles. The van der Waals surface area contributed by atoms with Crippen molar-refractivity contribution in [1.82, 2.24) is 0 Å². The van der Waals surface area contributed by atoms with Crippen LogP contribution in [-0.4, -0.2) is 0 Å². The van der Waals surface area contributed by atoms with E-state index in [0.29, 0.717) is 0 Å². The van der Waals surface area contributed by atoms with Gasteiger partial charge in [0.1, 0.15) is 11.2 Å². The van der Waals surface area contributed by atoms with Gasteiger partial charge in [-0.05, 0) is 48.5 Å². The highest BCUT2D eigenvalue weighted by molar-refractivity contribution is 8.68. The molecule has 1 aromatic heterocycles. The third-order valence-corrected chi connectivity index (χ3v) is 10.4. The molecule has 3 heteroatoms. The van der Waals surface area contributed by atoms with Gasteiger partial charge in [-0.1, -0.05) is 63.0 Å². The number of benzene rings is 4. The van der Waals surface area contributed by atoms with E-state index in [1.807, 2.05) is 12.1 Å². The fourth-order valence-electron chi connectivity index (χ4n) is 3.58. The van der Waals surface area contributed by atoms with Gasteiger partial charge in [0, 0.05) is 25.5 Å². The molecule has 0 radical (unpaired) electrons. The Morgan fingerprint density at radius 3 is 1.74 bits per heavy atom. The lowest BCUT2D eigenvalue weighted by atomic mass is 10.1. The quantitative estimate of drug-likeness (QED) is 0.290. The van der Waals surface area contributed by atoms with Crippen molar-refractivity contribution in [1.29, 1.82) is 0 Å². The zero-order valence-corrected chi connectivity index (χ0v) is 16.7. The first-order valence-electron chi connectivity index (χ1n) is 8.89. The van der Waals surface area contributed by atoms with E-state index >= 15 is 0 Å². The van der Waals surface area contributed by atoms with Crippen LogP contribution in [0.2, 0.25) is 0 Å². The lowest BCUT2D eigenvalue weighted by molar-refractivity contribution is 0.668. The topological polar surface area (TPSA) is 13.1 Å². The third-order valence-electron chi connectivity index (χ3n) is 4.95. The van der Waals surface area contributed by atoms with E-state index in [2.05, 4.69) is 99.4 Å². The van der Waals surface area contributed by atoms with Gasteiger partial charge >= 0.3 is 0 Å². The Hall–Kier alpha value is -2.54. The monoisotopic (exact) mass is 386 g/mol. The van der Waals surface area contributed by atoms with E-state index in [1.54, 1.807) is 0 Å². The maximum Gasteiger partial charge on any atom is 0.135 e. The summed E-state index contributed by atoms with van der Waals surface area (Å²) in [6.45, 7) is 0. The van der Waals surface area contributed by atoms with Crippen molar-refractivity contribution >= 4 is 40.0 Å². The van der Waals surface area contributed by atoms with Gasteiger partial charge in [-0.2, -0.15) is 0 Å². The number of furan rings is 1. The van der Waals surface area contributed by atoms with Gasteiger partial charge in [-0.3, -0.25) is 0 Å². The van der Waals surface area contributed by atoms with Gasteiger partial charge in [0.05, 0.1) is 0 Å². The van der Waals surface area contributed by atoms with Crippen LogP contribution in [0.4, 0.5) is 0 Å². The Labute approximate surface area is 162 Å². The van der Waals surface area contributed by atoms with Crippen molar-refractivity contribution in [3.63, 3.8) is 0 Å². The van der Waals surface area contributed by atoms with E-state index in [0.717, 1.165) is 11.2 Å². The van der Waals surface area contributed by atoms with E-state index < -0.39 is 9.65 Å². The van der Waals surface area contributed by atoms with Crippen molar-refractivity contribution < 1.29 is 4.42 Å². The van der Waals surface area contributed by atoms with E-state index in [4.69, 9.17) is 4.42 Å². The summed E-state index contributed by atoms with van der Waals surface area (Å²) in [5.41, 5.74) is 1.88. The molecule has 132 valence electrons. The molecule has 27 heavy (non-hydrogen) atoms. The van der Waals surface area contributed by atoms with Gasteiger partial charge in [0.15, 0.2) is 0 Å². The lowest BCUT2D eigenvalue weighted by Crippen LogP contribution is -1.95. The lowest BCUT2D eigenvalue weighted by Gasteiger charge is -2.37. The average Bonchev–Trinajstić information content (AvgIpc) is 3.12. The summed E-state index contributed by atoms with van der Waals surface area (Å²) in [6, 6.07) is 36.4. The first kappa shape index (κ1) is 16.6. The molecule has 5 aromatic rings. The zero-order valence-electron chi connectivity index (χ0n) is 14.7. The molecule has 1 atom stereocenters. The predicted molar refractivity (Wildman–Crippen MR) is 119 cm³/mol. The molecule has 0 aliphatic carbocycles. The van der Waals surface area contributed by atoms with Crippen LogP contribution in [0.5, 0.6) is 0 Å². The molecule has 0 aliphatic heterocycles. The maximum absolute atomic E-state index is 6.03. The van der Waals surface area contributed by atoms with E-state index in [9.17, 15) is 0 Å². The summed E-state index contributed by atoms with van der Waals surface area (Å²) in [5, 5.41) is 2.34. The van der Waals surface area contributed by atoms with Gasteiger partial charge in [-0.15, -0.1) is 9.65 Å². The molecule has 4 aromatic carbocycles. The minimum absolute atomic E-state index is 0.938. The fourth-order valence-corrected chi connectivity index (χ4v) is 7.54. The van der Waals surface area contributed by atoms with Gasteiger partial charge in [0.25, 0.3) is 0 Å². The van der Waals surface area contributed by atoms with Crippen LogP contribution in [0.15, 0.2) is 122 Å². The first-order chi connectivity index (χ1) is 13.3. The Morgan fingerprint density at radius 2 is 1.07 bits per heavy atom. The van der Waals surface area contributed by atoms with Crippen LogP contribution in [0, 0.1) is 0 Å². The molecule has 1 nitrogen and oxygen atoms in total. The summed E-state index contributed by atoms with van der Waals surface area (Å²) in [4.78, 5) is 3.96. The third kappa shape index (κ3) is 2.68. The Balaban J connectivity index is 1.81. The smallest absolute Gasteiger partial charge is 0.135 e. The summed E-state index contributed by atoms with van der Waals surface area (Å²) in [5.74, 6) is 0. The summed E-state index contributed by atoms with van der Waals surface area (Å²) in [6.07, 6.45) is 0. The van der Waals surface area contributed by atoms with E-state index in [1.165, 1.54) is 25.5 Å². The second-order valence-electron chi connectivity index (χ2n) is 6.54. The average molecular weight is 386 g/mol. The Kier molecular flexibility index (Phi) is 4.04. The van der Waals surface area contributed by atoms with Gasteiger partial charge in [0.2, 0.25) is 0 Å². The second kappa shape index (κ2) is 6.56. The van der Waals surface area contributed by atoms with Crippen LogP contribution >= 0.6 is 18.1 Å². The zero-order chi connectivity index (χ0) is 18.3. The van der Waals surface area contributed by atoms with Crippen molar-refractivity contribution in [2.45, 2.75) is 14.7 Å². The number of fused-ring (bicyclic) bond motifs is 3. The molecular formula is C24H19OPS. The molecule has 0 spiro atoms. The van der Waals surface area contributed by atoms with Crippen molar-refractivity contribution in [3.8, 4) is 0 Å². The van der Waals surface area contributed by atoms with Crippen molar-refractivity contribution in [2.75, 3.05) is 0 Å². The molecule has 1 heterocycles. The SMILES string of the molecule is PS(c1ccccc1)(c1ccccc1)c1ccc2oc3ccccc3c2c1. The van der Waals surface area contributed by atoms with Gasteiger partial charge in [-0.25, -0.2) is 0 Å². The molecule has 0 saturated carbocycles. The molecule has 0 fully saturated rings.